The van der Waals surface area contributed by atoms with Crippen molar-refractivity contribution in [2.45, 2.75) is 19.3 Å². The van der Waals surface area contributed by atoms with E-state index in [-0.39, 0.29) is 5.41 Å². The van der Waals surface area contributed by atoms with Crippen LogP contribution in [0.4, 0.5) is 0 Å². The zero-order valence-electron chi connectivity index (χ0n) is 25.5. The fourth-order valence-corrected chi connectivity index (χ4v) is 6.92. The van der Waals surface area contributed by atoms with Gasteiger partial charge >= 0.3 is 0 Å². The van der Waals surface area contributed by atoms with Gasteiger partial charge in [-0.2, -0.15) is 0 Å². The van der Waals surface area contributed by atoms with Crippen molar-refractivity contribution < 1.29 is 4.42 Å². The van der Waals surface area contributed by atoms with Crippen molar-refractivity contribution in [3.63, 3.8) is 0 Å². The van der Waals surface area contributed by atoms with E-state index < -0.39 is 0 Å². The summed E-state index contributed by atoms with van der Waals surface area (Å²) in [6.45, 7) is 4.64. The molecule has 0 saturated carbocycles. The number of benzene rings is 6. The van der Waals surface area contributed by atoms with Crippen LogP contribution in [0.25, 0.3) is 78.4 Å². The lowest BCUT2D eigenvalue weighted by molar-refractivity contribution is 0.660. The van der Waals surface area contributed by atoms with Gasteiger partial charge in [0.05, 0.1) is 0 Å². The molecule has 0 spiro atoms. The molecule has 6 aromatic carbocycles. The van der Waals surface area contributed by atoms with Gasteiger partial charge in [0.2, 0.25) is 0 Å². The number of nitrogens with zero attached hydrogens (tertiary/aromatic N) is 3. The van der Waals surface area contributed by atoms with Gasteiger partial charge in [-0.3, -0.25) is 0 Å². The van der Waals surface area contributed by atoms with Gasteiger partial charge in [-0.05, 0) is 69.8 Å². The number of hydrogen-bond donors (Lipinski definition) is 0. The second-order valence-corrected chi connectivity index (χ2v) is 12.5. The fourth-order valence-electron chi connectivity index (χ4n) is 6.92. The van der Waals surface area contributed by atoms with Crippen molar-refractivity contribution >= 4 is 21.9 Å². The Kier molecular flexibility index (Phi) is 5.81. The first kappa shape index (κ1) is 26.5. The SMILES string of the molecule is CC1(C)c2ccccc2-c2ccc(-c3ccc4c(c3)oc3ccc(-c5nc(-c6ccccc6)nc(-c6ccccc6)n5)cc34)cc21. The minimum atomic E-state index is -0.0441. The van der Waals surface area contributed by atoms with Crippen LogP contribution >= 0.6 is 0 Å². The third kappa shape index (κ3) is 4.18. The zero-order valence-corrected chi connectivity index (χ0v) is 25.5. The van der Waals surface area contributed by atoms with E-state index in [4.69, 9.17) is 19.4 Å². The molecule has 46 heavy (non-hydrogen) atoms. The predicted molar refractivity (Wildman–Crippen MR) is 186 cm³/mol. The molecular weight excluding hydrogens is 562 g/mol. The summed E-state index contributed by atoms with van der Waals surface area (Å²) in [5.41, 5.74) is 12.2. The lowest BCUT2D eigenvalue weighted by atomic mass is 9.81. The minimum Gasteiger partial charge on any atom is -0.456 e. The molecule has 0 saturated heterocycles. The highest BCUT2D eigenvalue weighted by Crippen LogP contribution is 2.49. The van der Waals surface area contributed by atoms with E-state index in [1.807, 2.05) is 72.8 Å². The smallest absolute Gasteiger partial charge is 0.164 e. The van der Waals surface area contributed by atoms with Crippen LogP contribution in [0.3, 0.4) is 0 Å². The van der Waals surface area contributed by atoms with E-state index in [2.05, 4.69) is 80.6 Å². The summed E-state index contributed by atoms with van der Waals surface area (Å²) in [6, 6.07) is 48.4. The molecule has 2 heterocycles. The van der Waals surface area contributed by atoms with Crippen molar-refractivity contribution in [2.75, 3.05) is 0 Å². The van der Waals surface area contributed by atoms with Crippen molar-refractivity contribution in [1.29, 1.82) is 0 Å². The summed E-state index contributed by atoms with van der Waals surface area (Å²) >= 11 is 0. The molecule has 1 aliphatic carbocycles. The van der Waals surface area contributed by atoms with Crippen LogP contribution in [0.15, 0.2) is 144 Å². The van der Waals surface area contributed by atoms with Gasteiger partial charge < -0.3 is 4.42 Å². The predicted octanol–water partition coefficient (Wildman–Crippen LogP) is 10.7. The van der Waals surface area contributed by atoms with E-state index >= 15 is 0 Å². The van der Waals surface area contributed by atoms with Crippen molar-refractivity contribution in [1.82, 2.24) is 15.0 Å². The second kappa shape index (κ2) is 10.1. The Hall–Kier alpha value is -5.87. The maximum absolute atomic E-state index is 6.42. The molecule has 4 nitrogen and oxygen atoms in total. The molecule has 0 atom stereocenters. The lowest BCUT2D eigenvalue weighted by Gasteiger charge is -2.22. The Bertz CT molecular complexity index is 2380. The molecule has 0 bridgehead atoms. The topological polar surface area (TPSA) is 51.8 Å². The van der Waals surface area contributed by atoms with E-state index in [0.717, 1.165) is 44.2 Å². The summed E-state index contributed by atoms with van der Waals surface area (Å²) in [5, 5.41) is 2.10. The van der Waals surface area contributed by atoms with Crippen LogP contribution in [0, 0.1) is 0 Å². The zero-order chi connectivity index (χ0) is 30.8. The summed E-state index contributed by atoms with van der Waals surface area (Å²) < 4.78 is 6.42. The fraction of sp³-hybridized carbons (Fsp3) is 0.0714. The Morgan fingerprint density at radius 2 is 0.978 bits per heavy atom. The molecule has 218 valence electrons. The standard InChI is InChI=1S/C42H29N3O/c1-42(2)35-16-10-9-15-31(35)32-20-17-28(24-36(32)42)29-18-21-33-34-23-30(19-22-37(34)46-38(33)25-29)41-44-39(26-11-5-3-6-12-26)43-40(45-41)27-13-7-4-8-14-27/h3-25H,1-2H3. The molecule has 0 unspecified atom stereocenters. The molecule has 0 radical (unpaired) electrons. The first-order valence-electron chi connectivity index (χ1n) is 15.6. The largest absolute Gasteiger partial charge is 0.456 e. The van der Waals surface area contributed by atoms with Crippen LogP contribution in [-0.2, 0) is 5.41 Å². The monoisotopic (exact) mass is 591 g/mol. The van der Waals surface area contributed by atoms with Crippen molar-refractivity contribution in [2.24, 2.45) is 0 Å². The number of aromatic nitrogens is 3. The molecular formula is C42H29N3O. The molecule has 9 rings (SSSR count). The Labute approximate surface area is 267 Å². The molecule has 0 fully saturated rings. The van der Waals surface area contributed by atoms with Crippen molar-refractivity contribution in [3.05, 3.63) is 151 Å². The van der Waals surface area contributed by atoms with Crippen LogP contribution < -0.4 is 0 Å². The highest BCUT2D eigenvalue weighted by Gasteiger charge is 2.35. The van der Waals surface area contributed by atoms with Gasteiger partial charge in [-0.25, -0.2) is 15.0 Å². The second-order valence-electron chi connectivity index (χ2n) is 12.5. The normalized spacial score (nSPS) is 13.2. The average molecular weight is 592 g/mol. The van der Waals surface area contributed by atoms with Gasteiger partial charge in [0.25, 0.3) is 0 Å². The van der Waals surface area contributed by atoms with Gasteiger partial charge in [0.1, 0.15) is 11.2 Å². The number of rotatable bonds is 4. The third-order valence-corrected chi connectivity index (χ3v) is 9.35. The number of furan rings is 1. The first-order valence-corrected chi connectivity index (χ1v) is 15.6. The first-order chi connectivity index (χ1) is 22.5. The summed E-state index contributed by atoms with van der Waals surface area (Å²) in [6.07, 6.45) is 0. The summed E-state index contributed by atoms with van der Waals surface area (Å²) in [5.74, 6) is 1.92. The van der Waals surface area contributed by atoms with E-state index in [1.165, 1.54) is 27.8 Å². The summed E-state index contributed by atoms with van der Waals surface area (Å²) in [4.78, 5) is 14.7. The molecule has 0 aliphatic heterocycles. The Morgan fingerprint density at radius 1 is 0.413 bits per heavy atom. The Balaban J connectivity index is 1.13. The van der Waals surface area contributed by atoms with Gasteiger partial charge in [0.15, 0.2) is 17.5 Å². The van der Waals surface area contributed by atoms with Crippen molar-refractivity contribution in [3.8, 4) is 56.4 Å². The van der Waals surface area contributed by atoms with Gasteiger partial charge in [0, 0.05) is 32.9 Å². The van der Waals surface area contributed by atoms with Crippen LogP contribution in [0.5, 0.6) is 0 Å². The third-order valence-electron chi connectivity index (χ3n) is 9.35. The molecule has 1 aliphatic rings. The maximum atomic E-state index is 6.42. The van der Waals surface area contributed by atoms with Crippen LogP contribution in [0.1, 0.15) is 25.0 Å². The average Bonchev–Trinajstić information content (AvgIpc) is 3.59. The van der Waals surface area contributed by atoms with Gasteiger partial charge in [-0.15, -0.1) is 0 Å². The van der Waals surface area contributed by atoms with Crippen LogP contribution in [0.2, 0.25) is 0 Å². The lowest BCUT2D eigenvalue weighted by Crippen LogP contribution is -2.14. The number of fused-ring (bicyclic) bond motifs is 6. The minimum absolute atomic E-state index is 0.0441. The number of hydrogen-bond acceptors (Lipinski definition) is 4. The maximum Gasteiger partial charge on any atom is 0.164 e. The molecule has 2 aromatic heterocycles. The molecule has 0 N–H and O–H groups in total. The molecule has 4 heteroatoms. The Morgan fingerprint density at radius 3 is 1.70 bits per heavy atom. The highest BCUT2D eigenvalue weighted by molar-refractivity contribution is 6.07. The van der Waals surface area contributed by atoms with Crippen LogP contribution in [-0.4, -0.2) is 15.0 Å². The van der Waals surface area contributed by atoms with E-state index in [1.54, 1.807) is 0 Å². The van der Waals surface area contributed by atoms with E-state index in [9.17, 15) is 0 Å². The molecule has 8 aromatic rings. The van der Waals surface area contributed by atoms with Gasteiger partial charge in [-0.1, -0.05) is 117 Å². The quantitative estimate of drug-likeness (QED) is 0.204. The summed E-state index contributed by atoms with van der Waals surface area (Å²) in [7, 11) is 0. The van der Waals surface area contributed by atoms with E-state index in [0.29, 0.717) is 17.5 Å². The molecule has 0 amide bonds. The highest BCUT2D eigenvalue weighted by atomic mass is 16.3.